The van der Waals surface area contributed by atoms with E-state index in [4.69, 9.17) is 4.74 Å². The zero-order valence-electron chi connectivity index (χ0n) is 19.7. The largest absolute Gasteiger partial charge is 0.496 e. The Morgan fingerprint density at radius 2 is 1.82 bits per heavy atom. The molecule has 33 heavy (non-hydrogen) atoms. The van der Waals surface area contributed by atoms with E-state index in [1.54, 1.807) is 32.6 Å². The first-order chi connectivity index (χ1) is 16.0. The van der Waals surface area contributed by atoms with E-state index in [1.165, 1.54) is 6.33 Å². The molecule has 0 bridgehead atoms. The standard InChI is InChI=1S/C24H31N7O2/c1-6-26-24-28-12-18(13-29-24)20-10-22(31-14-30-20)27-11-15(2)16(3)19-8-7-17(23(32)25-4)9-21(19)33-5/h7-10,12-16H,6,11H2,1-5H3,(H,25,32)(H,26,28,29)(H,27,30,31). The maximum atomic E-state index is 11.9. The first-order valence-electron chi connectivity index (χ1n) is 11.0. The van der Waals surface area contributed by atoms with Gasteiger partial charge in [0.15, 0.2) is 0 Å². The zero-order chi connectivity index (χ0) is 23.8. The molecule has 1 aromatic carbocycles. The SMILES string of the molecule is CCNc1ncc(-c2cc(NCC(C)C(C)c3ccc(C(=O)NC)cc3OC)ncn2)cn1. The van der Waals surface area contributed by atoms with Gasteiger partial charge in [0.05, 0.1) is 12.8 Å². The molecule has 2 atom stereocenters. The summed E-state index contributed by atoms with van der Waals surface area (Å²) in [5, 5.41) is 9.12. The zero-order valence-corrected chi connectivity index (χ0v) is 19.7. The van der Waals surface area contributed by atoms with Crippen LogP contribution in [0.3, 0.4) is 0 Å². The Balaban J connectivity index is 1.67. The molecule has 9 heteroatoms. The molecule has 174 valence electrons. The number of hydrogen-bond acceptors (Lipinski definition) is 8. The van der Waals surface area contributed by atoms with Crippen LogP contribution in [0.1, 0.15) is 42.6 Å². The number of ether oxygens (including phenoxy) is 1. The molecule has 0 fully saturated rings. The highest BCUT2D eigenvalue weighted by atomic mass is 16.5. The summed E-state index contributed by atoms with van der Waals surface area (Å²) in [6.45, 7) is 7.78. The average Bonchev–Trinajstić information content (AvgIpc) is 2.86. The number of nitrogens with zero attached hydrogens (tertiary/aromatic N) is 4. The van der Waals surface area contributed by atoms with E-state index in [2.05, 4.69) is 49.7 Å². The van der Waals surface area contributed by atoms with Gasteiger partial charge in [-0.1, -0.05) is 19.9 Å². The van der Waals surface area contributed by atoms with Crippen LogP contribution in [0.2, 0.25) is 0 Å². The fourth-order valence-electron chi connectivity index (χ4n) is 3.44. The van der Waals surface area contributed by atoms with Gasteiger partial charge < -0.3 is 20.7 Å². The van der Waals surface area contributed by atoms with E-state index in [0.29, 0.717) is 23.8 Å². The van der Waals surface area contributed by atoms with Crippen molar-refractivity contribution < 1.29 is 9.53 Å². The van der Waals surface area contributed by atoms with Crippen molar-refractivity contribution in [2.45, 2.75) is 26.7 Å². The van der Waals surface area contributed by atoms with Crippen molar-refractivity contribution in [3.8, 4) is 17.0 Å². The van der Waals surface area contributed by atoms with Crippen LogP contribution in [0.15, 0.2) is 43.0 Å². The van der Waals surface area contributed by atoms with Crippen LogP contribution < -0.4 is 20.7 Å². The molecule has 9 nitrogen and oxygen atoms in total. The summed E-state index contributed by atoms with van der Waals surface area (Å²) in [7, 11) is 3.24. The minimum Gasteiger partial charge on any atom is -0.496 e. The summed E-state index contributed by atoms with van der Waals surface area (Å²) in [5.41, 5.74) is 3.21. The quantitative estimate of drug-likeness (QED) is 0.430. The normalized spacial score (nSPS) is 12.5. The van der Waals surface area contributed by atoms with Crippen molar-refractivity contribution in [3.05, 3.63) is 54.1 Å². The molecule has 2 aromatic heterocycles. The van der Waals surface area contributed by atoms with Crippen LogP contribution in [-0.2, 0) is 0 Å². The number of methoxy groups -OCH3 is 1. The molecule has 0 saturated carbocycles. The van der Waals surface area contributed by atoms with E-state index in [0.717, 1.165) is 29.2 Å². The van der Waals surface area contributed by atoms with Gasteiger partial charge in [0, 0.05) is 49.7 Å². The van der Waals surface area contributed by atoms with Gasteiger partial charge in [-0.3, -0.25) is 4.79 Å². The lowest BCUT2D eigenvalue weighted by Crippen LogP contribution is -2.20. The molecular formula is C24H31N7O2. The molecular weight excluding hydrogens is 418 g/mol. The molecule has 0 aliphatic rings. The molecule has 2 heterocycles. The molecule has 0 saturated heterocycles. The summed E-state index contributed by atoms with van der Waals surface area (Å²) >= 11 is 0. The lowest BCUT2D eigenvalue weighted by Gasteiger charge is -2.23. The topological polar surface area (TPSA) is 114 Å². The molecule has 0 aliphatic carbocycles. The van der Waals surface area contributed by atoms with E-state index in [-0.39, 0.29) is 17.7 Å². The summed E-state index contributed by atoms with van der Waals surface area (Å²) in [6.07, 6.45) is 5.03. The minimum absolute atomic E-state index is 0.136. The third-order valence-corrected chi connectivity index (χ3v) is 5.62. The number of nitrogens with one attached hydrogen (secondary N) is 3. The number of anilines is 2. The third-order valence-electron chi connectivity index (χ3n) is 5.62. The molecule has 0 spiro atoms. The Morgan fingerprint density at radius 3 is 2.48 bits per heavy atom. The molecule has 0 aliphatic heterocycles. The Labute approximate surface area is 194 Å². The molecule has 3 aromatic rings. The van der Waals surface area contributed by atoms with Crippen molar-refractivity contribution in [2.75, 3.05) is 37.9 Å². The number of carbonyl (C=O) groups excluding carboxylic acids is 1. The van der Waals surface area contributed by atoms with Crippen molar-refractivity contribution in [1.82, 2.24) is 25.3 Å². The number of amides is 1. The number of carbonyl (C=O) groups is 1. The highest BCUT2D eigenvalue weighted by Crippen LogP contribution is 2.32. The molecule has 3 N–H and O–H groups in total. The van der Waals surface area contributed by atoms with Crippen molar-refractivity contribution in [1.29, 1.82) is 0 Å². The van der Waals surface area contributed by atoms with E-state index >= 15 is 0 Å². The third kappa shape index (κ3) is 5.94. The average molecular weight is 450 g/mol. The van der Waals surface area contributed by atoms with Gasteiger partial charge in [0.1, 0.15) is 17.9 Å². The maximum absolute atomic E-state index is 11.9. The van der Waals surface area contributed by atoms with Gasteiger partial charge in [-0.2, -0.15) is 0 Å². The second kappa shape index (κ2) is 11.2. The van der Waals surface area contributed by atoms with Crippen LogP contribution >= 0.6 is 0 Å². The number of hydrogen-bond donors (Lipinski definition) is 3. The number of aromatic nitrogens is 4. The molecule has 3 rings (SSSR count). The monoisotopic (exact) mass is 449 g/mol. The predicted octanol–water partition coefficient (Wildman–Crippen LogP) is 3.59. The van der Waals surface area contributed by atoms with Crippen LogP contribution in [0.4, 0.5) is 11.8 Å². The van der Waals surface area contributed by atoms with Gasteiger partial charge in [0.25, 0.3) is 5.91 Å². The van der Waals surface area contributed by atoms with Crippen LogP contribution in [-0.4, -0.2) is 53.1 Å². The van der Waals surface area contributed by atoms with Crippen LogP contribution in [0.5, 0.6) is 5.75 Å². The van der Waals surface area contributed by atoms with Crippen molar-refractivity contribution in [3.63, 3.8) is 0 Å². The van der Waals surface area contributed by atoms with Gasteiger partial charge in [0.2, 0.25) is 5.95 Å². The summed E-state index contributed by atoms with van der Waals surface area (Å²) in [5.74, 6) is 2.36. The van der Waals surface area contributed by atoms with E-state index < -0.39 is 0 Å². The summed E-state index contributed by atoms with van der Waals surface area (Å²) in [4.78, 5) is 29.2. The Morgan fingerprint density at radius 1 is 1.06 bits per heavy atom. The van der Waals surface area contributed by atoms with Gasteiger partial charge >= 0.3 is 0 Å². The second-order valence-electron chi connectivity index (χ2n) is 7.80. The fraction of sp³-hybridized carbons (Fsp3) is 0.375. The van der Waals surface area contributed by atoms with E-state index in [1.807, 2.05) is 25.1 Å². The Kier molecular flexibility index (Phi) is 8.12. The maximum Gasteiger partial charge on any atom is 0.251 e. The highest BCUT2D eigenvalue weighted by molar-refractivity contribution is 5.94. The highest BCUT2D eigenvalue weighted by Gasteiger charge is 2.20. The first-order valence-corrected chi connectivity index (χ1v) is 11.0. The van der Waals surface area contributed by atoms with Gasteiger partial charge in [-0.25, -0.2) is 19.9 Å². The lowest BCUT2D eigenvalue weighted by atomic mass is 9.87. The van der Waals surface area contributed by atoms with Crippen molar-refractivity contribution in [2.24, 2.45) is 5.92 Å². The van der Waals surface area contributed by atoms with Crippen LogP contribution in [0.25, 0.3) is 11.3 Å². The van der Waals surface area contributed by atoms with E-state index in [9.17, 15) is 4.79 Å². The molecule has 0 radical (unpaired) electrons. The van der Waals surface area contributed by atoms with Crippen LogP contribution in [0, 0.1) is 5.92 Å². The fourth-order valence-corrected chi connectivity index (χ4v) is 3.44. The minimum atomic E-state index is -0.136. The summed E-state index contributed by atoms with van der Waals surface area (Å²) < 4.78 is 5.57. The smallest absolute Gasteiger partial charge is 0.251 e. The number of rotatable bonds is 10. The Hall–Kier alpha value is -3.75. The second-order valence-corrected chi connectivity index (χ2v) is 7.80. The van der Waals surface area contributed by atoms with Gasteiger partial charge in [-0.05, 0) is 36.5 Å². The van der Waals surface area contributed by atoms with Crippen molar-refractivity contribution >= 4 is 17.7 Å². The summed E-state index contributed by atoms with van der Waals surface area (Å²) in [6, 6.07) is 7.46. The first kappa shape index (κ1) is 23.9. The molecule has 1 amide bonds. The lowest BCUT2D eigenvalue weighted by molar-refractivity contribution is 0.0962. The molecule has 2 unspecified atom stereocenters. The van der Waals surface area contributed by atoms with Gasteiger partial charge in [-0.15, -0.1) is 0 Å². The Bertz CT molecular complexity index is 1070. The predicted molar refractivity (Wildman–Crippen MR) is 130 cm³/mol. The number of benzene rings is 1.